The monoisotopic (exact) mass is 411 g/mol. The van der Waals surface area contributed by atoms with Crippen LogP contribution in [0.1, 0.15) is 57.8 Å². The number of alkyl carbamates (subject to hydrolysis) is 1. The number of imide groups is 1. The minimum atomic E-state index is -1.13. The number of amides is 4. The minimum absolute atomic E-state index is 0.0176. The molecule has 0 heterocycles. The van der Waals surface area contributed by atoms with Gasteiger partial charge in [0.2, 0.25) is 17.7 Å². The zero-order valence-electron chi connectivity index (χ0n) is 16.7. The molecule has 3 aliphatic rings. The summed E-state index contributed by atoms with van der Waals surface area (Å²) in [6.07, 6.45) is 3.05. The molecule has 10 heteroatoms. The average molecular weight is 411 g/mol. The lowest BCUT2D eigenvalue weighted by molar-refractivity contribution is -0.150. The predicted octanol–water partition coefficient (Wildman–Crippen LogP) is 0.697. The van der Waals surface area contributed by atoms with Crippen LogP contribution in [0.25, 0.3) is 0 Å². The molecule has 0 aromatic rings. The van der Waals surface area contributed by atoms with Gasteiger partial charge in [0.25, 0.3) is 0 Å². The van der Waals surface area contributed by atoms with Crippen LogP contribution in [0.2, 0.25) is 0 Å². The number of hydrogen-bond acceptors (Lipinski definition) is 6. The minimum Gasteiger partial charge on any atom is -0.481 e. The number of fused-ring (bicyclic) bond motifs is 3. The molecule has 2 bridgehead atoms. The third kappa shape index (κ3) is 5.68. The zero-order chi connectivity index (χ0) is 21.5. The lowest BCUT2D eigenvalue weighted by atomic mass is 9.53. The van der Waals surface area contributed by atoms with Gasteiger partial charge in [-0.05, 0) is 44.9 Å². The standard InChI is InChI=1S/C19H29N3O7/c1-20-15(26)18-5-8-19(9-6-18,10-7-18)16(27)21-11-2-12-29-17(28)22-13(23)3-4-14(24)25/h2-12H2,1H3,(H,20,26)(H,21,27)(H,24,25)(H,22,23,28). The lowest BCUT2D eigenvalue weighted by Crippen LogP contribution is -2.54. The molecule has 10 nitrogen and oxygen atoms in total. The van der Waals surface area contributed by atoms with Crippen LogP contribution in [0, 0.1) is 10.8 Å². The first-order chi connectivity index (χ1) is 13.7. The van der Waals surface area contributed by atoms with Crippen molar-refractivity contribution in [3.63, 3.8) is 0 Å². The quantitative estimate of drug-likeness (QED) is 0.408. The highest BCUT2D eigenvalue weighted by Gasteiger charge is 2.55. The normalized spacial score (nSPS) is 25.0. The van der Waals surface area contributed by atoms with Gasteiger partial charge >= 0.3 is 12.1 Å². The van der Waals surface area contributed by atoms with Crippen molar-refractivity contribution in [2.45, 2.75) is 57.8 Å². The Labute approximate surface area is 169 Å². The molecule has 0 aromatic carbocycles. The first-order valence-electron chi connectivity index (χ1n) is 9.92. The average Bonchev–Trinajstić information content (AvgIpc) is 2.72. The molecule has 4 N–H and O–H groups in total. The summed E-state index contributed by atoms with van der Waals surface area (Å²) in [6.45, 7) is 0.354. The number of carbonyl (C=O) groups excluding carboxylic acids is 4. The van der Waals surface area contributed by atoms with Crippen molar-refractivity contribution < 1.29 is 33.8 Å². The Kier molecular flexibility index (Phi) is 7.58. The van der Waals surface area contributed by atoms with Crippen molar-refractivity contribution in [3.8, 4) is 0 Å². The van der Waals surface area contributed by atoms with Crippen LogP contribution in [0.5, 0.6) is 0 Å². The fourth-order valence-corrected chi connectivity index (χ4v) is 4.19. The molecule has 3 aliphatic carbocycles. The summed E-state index contributed by atoms with van der Waals surface area (Å²) in [4.78, 5) is 57.9. The second-order valence-electron chi connectivity index (χ2n) is 7.83. The number of carboxylic acids is 1. The van der Waals surface area contributed by atoms with E-state index < -0.39 is 23.4 Å². The van der Waals surface area contributed by atoms with Crippen LogP contribution < -0.4 is 16.0 Å². The summed E-state index contributed by atoms with van der Waals surface area (Å²) < 4.78 is 4.84. The second-order valence-corrected chi connectivity index (χ2v) is 7.83. The Bertz CT molecular complexity index is 652. The van der Waals surface area contributed by atoms with Gasteiger partial charge < -0.3 is 20.5 Å². The molecule has 0 saturated heterocycles. The Hall–Kier alpha value is -2.65. The van der Waals surface area contributed by atoms with Crippen molar-refractivity contribution in [2.75, 3.05) is 20.2 Å². The van der Waals surface area contributed by atoms with Gasteiger partial charge in [-0.1, -0.05) is 0 Å². The summed E-state index contributed by atoms with van der Waals surface area (Å²) in [5.41, 5.74) is -0.732. The van der Waals surface area contributed by atoms with Gasteiger partial charge in [-0.15, -0.1) is 0 Å². The lowest BCUT2D eigenvalue weighted by Gasteiger charge is -2.51. The highest BCUT2D eigenvalue weighted by molar-refractivity contribution is 5.93. The van der Waals surface area contributed by atoms with E-state index in [2.05, 4.69) is 10.6 Å². The van der Waals surface area contributed by atoms with Crippen molar-refractivity contribution in [1.82, 2.24) is 16.0 Å². The van der Waals surface area contributed by atoms with Crippen LogP contribution in [-0.2, 0) is 23.9 Å². The van der Waals surface area contributed by atoms with Gasteiger partial charge in [-0.2, -0.15) is 0 Å². The number of carbonyl (C=O) groups is 5. The molecule has 0 atom stereocenters. The SMILES string of the molecule is CNC(=O)C12CCC(C(=O)NCCCOC(=O)NC(=O)CCC(=O)O)(CC1)CC2. The van der Waals surface area contributed by atoms with Gasteiger partial charge in [0.15, 0.2) is 0 Å². The van der Waals surface area contributed by atoms with E-state index in [0.29, 0.717) is 32.2 Å². The number of aliphatic carboxylic acids is 1. The van der Waals surface area contributed by atoms with E-state index in [1.807, 2.05) is 5.32 Å². The summed E-state index contributed by atoms with van der Waals surface area (Å²) >= 11 is 0. The number of rotatable bonds is 9. The fraction of sp³-hybridized carbons (Fsp3) is 0.737. The molecule has 0 aromatic heterocycles. The van der Waals surface area contributed by atoms with Crippen molar-refractivity contribution >= 4 is 29.8 Å². The molecule has 162 valence electrons. The topological polar surface area (TPSA) is 151 Å². The van der Waals surface area contributed by atoms with E-state index in [0.717, 1.165) is 19.3 Å². The van der Waals surface area contributed by atoms with Crippen LogP contribution in [0.4, 0.5) is 4.79 Å². The Morgan fingerprint density at radius 3 is 1.97 bits per heavy atom. The molecule has 4 amide bonds. The van der Waals surface area contributed by atoms with Gasteiger partial charge in [0.05, 0.1) is 13.0 Å². The predicted molar refractivity (Wildman–Crippen MR) is 101 cm³/mol. The highest BCUT2D eigenvalue weighted by atomic mass is 16.5. The van der Waals surface area contributed by atoms with Gasteiger partial charge in [-0.25, -0.2) is 4.79 Å². The van der Waals surface area contributed by atoms with Crippen LogP contribution in [0.15, 0.2) is 0 Å². The fourth-order valence-electron chi connectivity index (χ4n) is 4.19. The number of ether oxygens (including phenoxy) is 1. The van der Waals surface area contributed by atoms with Crippen LogP contribution in [-0.4, -0.2) is 55.1 Å². The first-order valence-corrected chi connectivity index (χ1v) is 9.92. The van der Waals surface area contributed by atoms with E-state index in [-0.39, 0.29) is 36.7 Å². The first kappa shape index (κ1) is 22.6. The maximum atomic E-state index is 12.7. The van der Waals surface area contributed by atoms with Crippen LogP contribution >= 0.6 is 0 Å². The molecule has 0 spiro atoms. The smallest absolute Gasteiger partial charge is 0.413 e. The zero-order valence-corrected chi connectivity index (χ0v) is 16.7. The van der Waals surface area contributed by atoms with Gasteiger partial charge in [0.1, 0.15) is 0 Å². The maximum absolute atomic E-state index is 12.7. The molecule has 3 rings (SSSR count). The Balaban J connectivity index is 1.63. The maximum Gasteiger partial charge on any atom is 0.413 e. The molecule has 3 fully saturated rings. The molecule has 0 radical (unpaired) electrons. The highest BCUT2D eigenvalue weighted by Crippen LogP contribution is 2.57. The second kappa shape index (κ2) is 9.71. The Morgan fingerprint density at radius 1 is 0.897 bits per heavy atom. The summed E-state index contributed by atoms with van der Waals surface area (Å²) in [5.74, 6) is -1.79. The van der Waals surface area contributed by atoms with E-state index >= 15 is 0 Å². The molecule has 0 aliphatic heterocycles. The summed E-state index contributed by atoms with van der Waals surface area (Å²) in [7, 11) is 1.65. The summed E-state index contributed by atoms with van der Waals surface area (Å²) in [5, 5.41) is 16.0. The van der Waals surface area contributed by atoms with Gasteiger partial charge in [0, 0.05) is 30.8 Å². The van der Waals surface area contributed by atoms with E-state index in [9.17, 15) is 24.0 Å². The number of hydrogen-bond donors (Lipinski definition) is 4. The van der Waals surface area contributed by atoms with Crippen molar-refractivity contribution in [3.05, 3.63) is 0 Å². The molecule has 3 saturated carbocycles. The van der Waals surface area contributed by atoms with Gasteiger partial charge in [-0.3, -0.25) is 24.5 Å². The molecule has 29 heavy (non-hydrogen) atoms. The largest absolute Gasteiger partial charge is 0.481 e. The summed E-state index contributed by atoms with van der Waals surface area (Å²) in [6, 6.07) is 0. The van der Waals surface area contributed by atoms with Crippen molar-refractivity contribution in [2.24, 2.45) is 10.8 Å². The molecule has 0 unspecified atom stereocenters. The third-order valence-electron chi connectivity index (χ3n) is 6.08. The number of carboxylic acid groups (broad SMARTS) is 1. The van der Waals surface area contributed by atoms with E-state index in [1.165, 1.54) is 0 Å². The number of nitrogens with one attached hydrogen (secondary N) is 3. The Morgan fingerprint density at radius 2 is 1.45 bits per heavy atom. The van der Waals surface area contributed by atoms with E-state index in [1.54, 1.807) is 7.05 Å². The third-order valence-corrected chi connectivity index (χ3v) is 6.08. The van der Waals surface area contributed by atoms with Crippen molar-refractivity contribution in [1.29, 1.82) is 0 Å². The van der Waals surface area contributed by atoms with E-state index in [4.69, 9.17) is 9.84 Å². The van der Waals surface area contributed by atoms with Crippen LogP contribution in [0.3, 0.4) is 0 Å². The molecular weight excluding hydrogens is 382 g/mol. The molecular formula is C19H29N3O7.